The summed E-state index contributed by atoms with van der Waals surface area (Å²) in [5, 5.41) is 0. The number of aliphatic imine (C=N–C) groups is 2. The van der Waals surface area contributed by atoms with Crippen molar-refractivity contribution in [1.29, 1.82) is 0 Å². The quantitative estimate of drug-likeness (QED) is 0.325. The number of para-hydroxylation sites is 1. The topological polar surface area (TPSA) is 155 Å². The molecule has 0 radical (unpaired) electrons. The van der Waals surface area contributed by atoms with Crippen LogP contribution in [0.3, 0.4) is 0 Å². The summed E-state index contributed by atoms with van der Waals surface area (Å²) in [6.07, 6.45) is 0. The molecule has 7 heteroatoms. The molecular weight excluding hydrogens is 206 g/mol. The molecule has 0 unspecified atom stereocenters. The standard InChI is InChI=1S/C9H15N7/c10-4-5-2-1-3-6(15-8(11)12)7(5)16-9(13)14/h1-3H,4,10H2,(H4,11,12,15)(H4,13,14,16). The number of nitrogens with two attached hydrogens (primary N) is 5. The lowest BCUT2D eigenvalue weighted by atomic mass is 10.1. The van der Waals surface area contributed by atoms with Crippen LogP contribution in [0.1, 0.15) is 5.56 Å². The van der Waals surface area contributed by atoms with Crippen LogP contribution in [0.25, 0.3) is 0 Å². The van der Waals surface area contributed by atoms with E-state index in [1.165, 1.54) is 0 Å². The first kappa shape index (κ1) is 11.8. The minimum atomic E-state index is -0.0760. The zero-order valence-corrected chi connectivity index (χ0v) is 8.72. The Morgan fingerprint density at radius 1 is 1.00 bits per heavy atom. The van der Waals surface area contributed by atoms with E-state index in [0.29, 0.717) is 17.9 Å². The van der Waals surface area contributed by atoms with Gasteiger partial charge in [-0.1, -0.05) is 12.1 Å². The third-order valence-electron chi connectivity index (χ3n) is 1.81. The van der Waals surface area contributed by atoms with Crippen LogP contribution < -0.4 is 28.7 Å². The Morgan fingerprint density at radius 2 is 1.62 bits per heavy atom. The van der Waals surface area contributed by atoms with Gasteiger partial charge in [0.2, 0.25) is 0 Å². The van der Waals surface area contributed by atoms with Gasteiger partial charge >= 0.3 is 0 Å². The van der Waals surface area contributed by atoms with Gasteiger partial charge in [-0.2, -0.15) is 0 Å². The molecule has 0 aliphatic heterocycles. The Hall–Kier alpha value is -2.28. The predicted octanol–water partition coefficient (Wildman–Crippen LogP) is -1.04. The Kier molecular flexibility index (Phi) is 3.67. The molecule has 1 aromatic rings. The molecule has 0 fully saturated rings. The van der Waals surface area contributed by atoms with Crippen molar-refractivity contribution in [2.24, 2.45) is 38.7 Å². The number of guanidine groups is 2. The van der Waals surface area contributed by atoms with Gasteiger partial charge in [0.15, 0.2) is 11.9 Å². The van der Waals surface area contributed by atoms with Crippen molar-refractivity contribution in [3.63, 3.8) is 0 Å². The molecule has 0 spiro atoms. The van der Waals surface area contributed by atoms with Crippen molar-refractivity contribution in [3.05, 3.63) is 23.8 Å². The minimum absolute atomic E-state index is 0.0683. The molecule has 0 amide bonds. The van der Waals surface area contributed by atoms with Gasteiger partial charge < -0.3 is 28.7 Å². The average molecular weight is 221 g/mol. The summed E-state index contributed by atoms with van der Waals surface area (Å²) >= 11 is 0. The van der Waals surface area contributed by atoms with Crippen molar-refractivity contribution in [2.45, 2.75) is 6.54 Å². The first-order chi connectivity index (χ1) is 7.54. The van der Waals surface area contributed by atoms with Crippen LogP contribution in [0.15, 0.2) is 28.2 Å². The second kappa shape index (κ2) is 4.99. The zero-order chi connectivity index (χ0) is 12.1. The highest BCUT2D eigenvalue weighted by atomic mass is 15.0. The molecule has 0 aromatic heterocycles. The second-order valence-electron chi connectivity index (χ2n) is 3.06. The van der Waals surface area contributed by atoms with E-state index >= 15 is 0 Å². The number of hydrogen-bond donors (Lipinski definition) is 5. The van der Waals surface area contributed by atoms with Crippen molar-refractivity contribution in [2.75, 3.05) is 0 Å². The van der Waals surface area contributed by atoms with Crippen LogP contribution in [-0.2, 0) is 6.54 Å². The normalized spacial score (nSPS) is 9.56. The van der Waals surface area contributed by atoms with Crippen LogP contribution >= 0.6 is 0 Å². The summed E-state index contributed by atoms with van der Waals surface area (Å²) in [6, 6.07) is 5.27. The monoisotopic (exact) mass is 221 g/mol. The first-order valence-electron chi connectivity index (χ1n) is 4.55. The van der Waals surface area contributed by atoms with Crippen LogP contribution in [0.2, 0.25) is 0 Å². The third kappa shape index (κ3) is 2.85. The maximum absolute atomic E-state index is 5.56. The molecule has 0 aliphatic carbocycles. The molecular formula is C9H15N7. The van der Waals surface area contributed by atoms with Gasteiger partial charge in [0.1, 0.15) is 0 Å². The maximum Gasteiger partial charge on any atom is 0.191 e. The third-order valence-corrected chi connectivity index (χ3v) is 1.81. The molecule has 0 saturated carbocycles. The molecule has 16 heavy (non-hydrogen) atoms. The van der Waals surface area contributed by atoms with Gasteiger partial charge in [0, 0.05) is 6.54 Å². The molecule has 7 nitrogen and oxygen atoms in total. The summed E-state index contributed by atoms with van der Waals surface area (Å²) in [5.74, 6) is -0.144. The highest BCUT2D eigenvalue weighted by molar-refractivity contribution is 5.86. The molecule has 0 aliphatic rings. The lowest BCUT2D eigenvalue weighted by molar-refractivity contribution is 1.07. The van der Waals surface area contributed by atoms with E-state index in [9.17, 15) is 0 Å². The first-order valence-corrected chi connectivity index (χ1v) is 4.55. The molecule has 0 saturated heterocycles. The Morgan fingerprint density at radius 3 is 2.12 bits per heavy atom. The van der Waals surface area contributed by atoms with Gasteiger partial charge in [-0.3, -0.25) is 0 Å². The molecule has 0 atom stereocenters. The van der Waals surface area contributed by atoms with Crippen LogP contribution in [-0.4, -0.2) is 11.9 Å². The highest BCUT2D eigenvalue weighted by Crippen LogP contribution is 2.31. The van der Waals surface area contributed by atoms with Gasteiger partial charge in [0.05, 0.1) is 11.4 Å². The second-order valence-corrected chi connectivity index (χ2v) is 3.06. The fourth-order valence-corrected chi connectivity index (χ4v) is 1.23. The summed E-state index contributed by atoms with van der Waals surface area (Å²) in [5.41, 5.74) is 28.5. The Bertz CT molecular complexity index is 427. The van der Waals surface area contributed by atoms with E-state index in [-0.39, 0.29) is 11.9 Å². The lowest BCUT2D eigenvalue weighted by Gasteiger charge is -2.06. The molecule has 10 N–H and O–H groups in total. The predicted molar refractivity (Wildman–Crippen MR) is 65.3 cm³/mol. The lowest BCUT2D eigenvalue weighted by Crippen LogP contribution is -2.23. The van der Waals surface area contributed by atoms with Crippen LogP contribution in [0.4, 0.5) is 11.4 Å². The van der Waals surface area contributed by atoms with Crippen molar-refractivity contribution in [1.82, 2.24) is 0 Å². The SMILES string of the molecule is NCc1cccc(N=C(N)N)c1N=C(N)N. The summed E-state index contributed by atoms with van der Waals surface area (Å²) in [4.78, 5) is 7.88. The van der Waals surface area contributed by atoms with Gasteiger partial charge in [-0.05, 0) is 11.6 Å². The van der Waals surface area contributed by atoms with E-state index in [1.54, 1.807) is 18.2 Å². The number of nitrogens with zero attached hydrogens (tertiary/aromatic N) is 2. The number of benzene rings is 1. The molecule has 0 bridgehead atoms. The van der Waals surface area contributed by atoms with E-state index in [1.807, 2.05) is 0 Å². The zero-order valence-electron chi connectivity index (χ0n) is 8.72. The smallest absolute Gasteiger partial charge is 0.191 e. The van der Waals surface area contributed by atoms with E-state index < -0.39 is 0 Å². The Balaban J connectivity index is 3.37. The van der Waals surface area contributed by atoms with Gasteiger partial charge in [-0.15, -0.1) is 0 Å². The van der Waals surface area contributed by atoms with Crippen LogP contribution in [0.5, 0.6) is 0 Å². The number of rotatable bonds is 3. The molecule has 0 heterocycles. The number of hydrogen-bond acceptors (Lipinski definition) is 3. The molecule has 86 valence electrons. The van der Waals surface area contributed by atoms with E-state index in [2.05, 4.69) is 9.98 Å². The van der Waals surface area contributed by atoms with E-state index in [0.717, 1.165) is 5.56 Å². The van der Waals surface area contributed by atoms with Gasteiger partial charge in [0.25, 0.3) is 0 Å². The largest absolute Gasteiger partial charge is 0.370 e. The molecule has 1 aromatic carbocycles. The van der Waals surface area contributed by atoms with Crippen molar-refractivity contribution in [3.8, 4) is 0 Å². The summed E-state index contributed by atoms with van der Waals surface area (Å²) < 4.78 is 0. The van der Waals surface area contributed by atoms with Crippen LogP contribution in [0, 0.1) is 0 Å². The fourth-order valence-electron chi connectivity index (χ4n) is 1.23. The maximum atomic E-state index is 5.56. The minimum Gasteiger partial charge on any atom is -0.370 e. The van der Waals surface area contributed by atoms with E-state index in [4.69, 9.17) is 28.7 Å². The summed E-state index contributed by atoms with van der Waals surface area (Å²) in [7, 11) is 0. The Labute approximate surface area is 93.0 Å². The highest BCUT2D eigenvalue weighted by Gasteiger charge is 2.06. The van der Waals surface area contributed by atoms with Crippen molar-refractivity contribution < 1.29 is 0 Å². The summed E-state index contributed by atoms with van der Waals surface area (Å²) in [6.45, 7) is 0.292. The fraction of sp³-hybridized carbons (Fsp3) is 0.111. The van der Waals surface area contributed by atoms with Gasteiger partial charge in [-0.25, -0.2) is 9.98 Å². The molecule has 1 rings (SSSR count). The van der Waals surface area contributed by atoms with Crippen molar-refractivity contribution >= 4 is 23.3 Å². The average Bonchev–Trinajstić information content (AvgIpc) is 2.19.